The number of rotatable bonds is 11. The van der Waals surface area contributed by atoms with Gasteiger partial charge in [-0.1, -0.05) is 26.1 Å². The van der Waals surface area contributed by atoms with Gasteiger partial charge >= 0.3 is 11.9 Å². The lowest BCUT2D eigenvalue weighted by molar-refractivity contribution is -0.139. The number of carboxylic acids is 2. The highest BCUT2D eigenvalue weighted by Gasteiger charge is 2.29. The fourth-order valence-electron chi connectivity index (χ4n) is 2.15. The summed E-state index contributed by atoms with van der Waals surface area (Å²) >= 11 is 0. The van der Waals surface area contributed by atoms with Crippen LogP contribution in [0.3, 0.4) is 0 Å². The van der Waals surface area contributed by atoms with Gasteiger partial charge in [0.1, 0.15) is 12.1 Å². The molecule has 0 aromatic carbocycles. The van der Waals surface area contributed by atoms with Crippen LogP contribution in [0.2, 0.25) is 25.2 Å². The van der Waals surface area contributed by atoms with Crippen molar-refractivity contribution in [1.29, 1.82) is 0 Å². The quantitative estimate of drug-likeness (QED) is 0.225. The first kappa shape index (κ1) is 25.2. The van der Waals surface area contributed by atoms with E-state index in [0.29, 0.717) is 31.5 Å². The molecule has 9 heteroatoms. The summed E-state index contributed by atoms with van der Waals surface area (Å²) in [5.41, 5.74) is 21.9. The Hall–Kier alpha value is -1.00. The average molecular weight is 365 g/mol. The fraction of sp³-hybridized carbons (Fsp3) is 0.867. The molecule has 0 aromatic heterocycles. The van der Waals surface area contributed by atoms with Crippen molar-refractivity contribution < 1.29 is 19.8 Å². The summed E-state index contributed by atoms with van der Waals surface area (Å²) in [5.74, 6) is -1.85. The minimum atomic E-state index is -1.34. The number of aliphatic carboxylic acids is 2. The lowest BCUT2D eigenvalue weighted by Crippen LogP contribution is -2.38. The first-order valence-electron chi connectivity index (χ1n) is 8.34. The number of hydrogen-bond acceptors (Lipinski definition) is 6. The lowest BCUT2D eigenvalue weighted by atomic mass is 10.1. The molecule has 8 nitrogen and oxygen atoms in total. The van der Waals surface area contributed by atoms with E-state index in [4.69, 9.17) is 33.1 Å². The molecule has 0 aromatic rings. The highest BCUT2D eigenvalue weighted by molar-refractivity contribution is 6.77. The predicted octanol–water partition coefficient (Wildman–Crippen LogP) is 0.373. The largest absolute Gasteiger partial charge is 0.480 e. The van der Waals surface area contributed by atoms with E-state index < -0.39 is 32.1 Å². The zero-order valence-electron chi connectivity index (χ0n) is 15.2. The van der Waals surface area contributed by atoms with Gasteiger partial charge in [0.2, 0.25) is 0 Å². The molecule has 0 aliphatic heterocycles. The van der Waals surface area contributed by atoms with Gasteiger partial charge in [-0.15, -0.1) is 0 Å². The van der Waals surface area contributed by atoms with Crippen molar-refractivity contribution in [3.8, 4) is 0 Å². The summed E-state index contributed by atoms with van der Waals surface area (Å²) in [6.45, 7) is 7.89. The summed E-state index contributed by atoms with van der Waals surface area (Å²) in [6.07, 6.45) is 3.61. The van der Waals surface area contributed by atoms with Crippen LogP contribution >= 0.6 is 0 Å². The van der Waals surface area contributed by atoms with E-state index in [1.165, 1.54) is 0 Å². The molecule has 10 N–H and O–H groups in total. The highest BCUT2D eigenvalue weighted by atomic mass is 28.3. The zero-order chi connectivity index (χ0) is 19.3. The van der Waals surface area contributed by atoms with E-state index in [-0.39, 0.29) is 0 Å². The Labute approximate surface area is 146 Å². The zero-order valence-corrected chi connectivity index (χ0v) is 16.2. The molecule has 0 fully saturated rings. The maximum Gasteiger partial charge on any atom is 0.320 e. The Balaban J connectivity index is 0. The third-order valence-corrected chi connectivity index (χ3v) is 6.86. The Bertz CT molecular complexity index is 364. The molecule has 0 heterocycles. The molecule has 0 spiro atoms. The van der Waals surface area contributed by atoms with Crippen molar-refractivity contribution in [1.82, 2.24) is 0 Å². The SMILES string of the molecule is C[Si](C)(C)C(CCN)C[C@H](N)C(=O)O.NCCCC[C@H](N)C(=O)O. The second-order valence-electron chi connectivity index (χ2n) is 7.05. The predicted molar refractivity (Wildman–Crippen MR) is 99.5 cm³/mol. The van der Waals surface area contributed by atoms with Crippen molar-refractivity contribution in [2.75, 3.05) is 13.1 Å². The summed E-state index contributed by atoms with van der Waals surface area (Å²) in [6, 6.07) is -1.45. The van der Waals surface area contributed by atoms with Crippen LogP contribution in [-0.2, 0) is 9.59 Å². The number of carboxylic acid groups (broad SMARTS) is 2. The molecule has 0 aliphatic carbocycles. The molecule has 3 atom stereocenters. The van der Waals surface area contributed by atoms with Crippen molar-refractivity contribution in [2.24, 2.45) is 22.9 Å². The maximum absolute atomic E-state index is 10.6. The molecule has 0 saturated carbocycles. The van der Waals surface area contributed by atoms with E-state index in [0.717, 1.165) is 19.3 Å². The molecule has 0 amide bonds. The Morgan fingerprint density at radius 2 is 1.38 bits per heavy atom. The molecule has 24 heavy (non-hydrogen) atoms. The van der Waals surface area contributed by atoms with E-state index in [1.807, 2.05) is 0 Å². The summed E-state index contributed by atoms with van der Waals surface area (Å²) in [5, 5.41) is 17.0. The van der Waals surface area contributed by atoms with E-state index in [1.54, 1.807) is 0 Å². The summed E-state index contributed by atoms with van der Waals surface area (Å²) in [4.78, 5) is 20.8. The highest BCUT2D eigenvalue weighted by Crippen LogP contribution is 2.29. The molecule has 1 unspecified atom stereocenters. The van der Waals surface area contributed by atoms with Crippen LogP contribution in [0.15, 0.2) is 0 Å². The Morgan fingerprint density at radius 1 is 0.875 bits per heavy atom. The van der Waals surface area contributed by atoms with Crippen LogP contribution in [0.4, 0.5) is 0 Å². The standard InChI is InChI=1S/C9H22N2O2Si.C6H14N2O2/c1-14(2,3)7(4-5-10)6-8(11)9(12)13;7-4-2-1-3-5(8)6(9)10/h7-8H,4-6,10-11H2,1-3H3,(H,12,13);5H,1-4,7-8H2,(H,9,10)/t7?,8-;5-/m00/s1. The average Bonchev–Trinajstić information content (AvgIpc) is 2.46. The summed E-state index contributed by atoms with van der Waals surface area (Å²) in [7, 11) is -1.34. The molecule has 0 radical (unpaired) electrons. The van der Waals surface area contributed by atoms with Crippen LogP contribution in [0.5, 0.6) is 0 Å². The van der Waals surface area contributed by atoms with E-state index >= 15 is 0 Å². The van der Waals surface area contributed by atoms with Crippen LogP contribution < -0.4 is 22.9 Å². The van der Waals surface area contributed by atoms with Gasteiger partial charge in [0.25, 0.3) is 0 Å². The molecule has 144 valence electrons. The van der Waals surface area contributed by atoms with Gasteiger partial charge in [-0.2, -0.15) is 0 Å². The Kier molecular flexibility index (Phi) is 14.0. The summed E-state index contributed by atoms with van der Waals surface area (Å²) < 4.78 is 0. The number of nitrogens with two attached hydrogens (primary N) is 4. The van der Waals surface area contributed by atoms with Crippen molar-refractivity contribution in [2.45, 2.75) is 69.4 Å². The molecule has 0 rings (SSSR count). The minimum absolute atomic E-state index is 0.401. The van der Waals surface area contributed by atoms with Crippen molar-refractivity contribution in [3.63, 3.8) is 0 Å². The number of carbonyl (C=O) groups is 2. The number of hydrogen-bond donors (Lipinski definition) is 6. The van der Waals surface area contributed by atoms with Crippen molar-refractivity contribution in [3.05, 3.63) is 0 Å². The van der Waals surface area contributed by atoms with Crippen LogP contribution in [0.1, 0.15) is 32.1 Å². The van der Waals surface area contributed by atoms with Gasteiger partial charge in [-0.3, -0.25) is 9.59 Å². The lowest BCUT2D eigenvalue weighted by Gasteiger charge is -2.29. The smallest absolute Gasteiger partial charge is 0.320 e. The third-order valence-electron chi connectivity index (χ3n) is 3.88. The topological polar surface area (TPSA) is 179 Å². The first-order chi connectivity index (χ1) is 11.0. The maximum atomic E-state index is 10.6. The molecule has 0 saturated heterocycles. The van der Waals surface area contributed by atoms with E-state index in [9.17, 15) is 9.59 Å². The molecule has 0 bridgehead atoms. The van der Waals surface area contributed by atoms with Gasteiger partial charge in [-0.25, -0.2) is 0 Å². The minimum Gasteiger partial charge on any atom is -0.480 e. The molecule has 0 aliphatic rings. The van der Waals surface area contributed by atoms with Crippen LogP contribution in [0, 0.1) is 0 Å². The van der Waals surface area contributed by atoms with Gasteiger partial charge in [0.15, 0.2) is 0 Å². The van der Waals surface area contributed by atoms with E-state index in [2.05, 4.69) is 19.6 Å². The second kappa shape index (κ2) is 13.3. The van der Waals surface area contributed by atoms with Crippen LogP contribution in [0.25, 0.3) is 0 Å². The number of unbranched alkanes of at least 4 members (excludes halogenated alkanes) is 1. The second-order valence-corrected chi connectivity index (χ2v) is 12.6. The normalized spacial score (nSPS) is 15.0. The van der Waals surface area contributed by atoms with Gasteiger partial charge in [0.05, 0.1) is 0 Å². The third kappa shape index (κ3) is 13.4. The Morgan fingerprint density at radius 3 is 1.71 bits per heavy atom. The monoisotopic (exact) mass is 364 g/mol. The van der Waals surface area contributed by atoms with Crippen LogP contribution in [-0.4, -0.2) is 55.4 Å². The molecular formula is C15H36N4O4Si. The molecular weight excluding hydrogens is 328 g/mol. The first-order valence-corrected chi connectivity index (χ1v) is 11.9. The van der Waals surface area contributed by atoms with Gasteiger partial charge < -0.3 is 33.1 Å². The van der Waals surface area contributed by atoms with Gasteiger partial charge in [0, 0.05) is 8.07 Å². The fourth-order valence-corrected chi connectivity index (χ4v) is 4.14. The van der Waals surface area contributed by atoms with Crippen molar-refractivity contribution >= 4 is 20.0 Å². The van der Waals surface area contributed by atoms with Gasteiger partial charge in [-0.05, 0) is 44.3 Å².